The van der Waals surface area contributed by atoms with E-state index in [1.807, 2.05) is 6.07 Å². The molecule has 0 spiro atoms. The van der Waals surface area contributed by atoms with Crippen LogP contribution in [0.1, 0.15) is 18.7 Å². The lowest BCUT2D eigenvalue weighted by Gasteiger charge is -2.17. The van der Waals surface area contributed by atoms with Gasteiger partial charge in [0.15, 0.2) is 0 Å². The fraction of sp³-hybridized carbons (Fsp3) is 0.667. The first kappa shape index (κ1) is 16.6. The van der Waals surface area contributed by atoms with E-state index in [1.165, 1.54) is 11.3 Å². The molecule has 0 fully saturated rings. The predicted molar refractivity (Wildman–Crippen MR) is 80.1 cm³/mol. The molecule has 0 amide bonds. The van der Waals surface area contributed by atoms with Gasteiger partial charge in [-0.1, -0.05) is 13.8 Å². The molecule has 0 unspecified atom stereocenters. The number of thiophene rings is 1. The molecule has 0 aliphatic heterocycles. The van der Waals surface area contributed by atoms with Gasteiger partial charge in [-0.05, 0) is 38.2 Å². The lowest BCUT2D eigenvalue weighted by Crippen LogP contribution is -2.34. The topological polar surface area (TPSA) is 75.4 Å². The van der Waals surface area contributed by atoms with E-state index < -0.39 is 10.0 Å². The molecule has 0 saturated heterocycles. The summed E-state index contributed by atoms with van der Waals surface area (Å²) >= 11 is 1.29. The molecule has 1 rings (SSSR count). The minimum absolute atomic E-state index is 0.371. The van der Waals surface area contributed by atoms with Crippen LogP contribution in [0.2, 0.25) is 0 Å². The molecule has 0 aliphatic carbocycles. The third-order valence-corrected chi connectivity index (χ3v) is 6.01. The van der Waals surface area contributed by atoms with Crippen molar-refractivity contribution in [1.29, 1.82) is 0 Å². The van der Waals surface area contributed by atoms with Gasteiger partial charge in [0.05, 0.1) is 0 Å². The minimum Gasteiger partial charge on any atom is -0.330 e. The number of likely N-dealkylation sites (N-methyl/N-ethyl adjacent to an activating group) is 1. The number of hydrogen-bond acceptors (Lipinski definition) is 5. The lowest BCUT2D eigenvalue weighted by atomic mass is 10.3. The number of nitrogens with one attached hydrogen (secondary N) is 1. The van der Waals surface area contributed by atoms with Gasteiger partial charge >= 0.3 is 0 Å². The Morgan fingerprint density at radius 2 is 2.00 bits per heavy atom. The molecule has 1 heterocycles. The quantitative estimate of drug-likeness (QED) is 0.710. The Kier molecular flexibility index (Phi) is 6.95. The molecule has 1 aromatic rings. The summed E-state index contributed by atoms with van der Waals surface area (Å²) in [5, 5.41) is 0. The van der Waals surface area contributed by atoms with Gasteiger partial charge in [0.25, 0.3) is 0 Å². The van der Waals surface area contributed by atoms with E-state index in [0.717, 1.165) is 30.9 Å². The van der Waals surface area contributed by atoms with Crippen molar-refractivity contribution < 1.29 is 8.42 Å². The third kappa shape index (κ3) is 5.19. The van der Waals surface area contributed by atoms with Crippen LogP contribution in [-0.4, -0.2) is 46.0 Å². The van der Waals surface area contributed by atoms with E-state index in [-0.39, 0.29) is 0 Å². The van der Waals surface area contributed by atoms with Crippen LogP contribution in [0.15, 0.2) is 16.3 Å². The van der Waals surface area contributed by atoms with Crippen molar-refractivity contribution >= 4 is 21.4 Å². The van der Waals surface area contributed by atoms with Crippen LogP contribution in [0.5, 0.6) is 0 Å². The Morgan fingerprint density at radius 3 is 2.58 bits per heavy atom. The van der Waals surface area contributed by atoms with Crippen molar-refractivity contribution in [2.24, 2.45) is 5.73 Å². The van der Waals surface area contributed by atoms with Crippen molar-refractivity contribution in [3.8, 4) is 0 Å². The van der Waals surface area contributed by atoms with Crippen LogP contribution in [0.25, 0.3) is 0 Å². The van der Waals surface area contributed by atoms with Gasteiger partial charge in [-0.15, -0.1) is 11.3 Å². The summed E-state index contributed by atoms with van der Waals surface area (Å²) < 4.78 is 27.1. The highest BCUT2D eigenvalue weighted by molar-refractivity contribution is 7.91. The fourth-order valence-corrected chi connectivity index (χ4v) is 4.17. The van der Waals surface area contributed by atoms with Crippen molar-refractivity contribution in [3.63, 3.8) is 0 Å². The highest BCUT2D eigenvalue weighted by Gasteiger charge is 2.16. The van der Waals surface area contributed by atoms with Gasteiger partial charge < -0.3 is 10.6 Å². The number of sulfonamides is 1. The Labute approximate surface area is 119 Å². The second-order valence-electron chi connectivity index (χ2n) is 4.18. The summed E-state index contributed by atoms with van der Waals surface area (Å²) in [5.41, 5.74) is 5.46. The zero-order valence-electron chi connectivity index (χ0n) is 11.6. The molecular weight excluding hydrogens is 282 g/mol. The van der Waals surface area contributed by atoms with Gasteiger partial charge in [0, 0.05) is 18.0 Å². The molecule has 19 heavy (non-hydrogen) atoms. The van der Waals surface area contributed by atoms with Gasteiger partial charge in [-0.2, -0.15) is 0 Å². The number of nitrogens with two attached hydrogens (primary N) is 1. The summed E-state index contributed by atoms with van der Waals surface area (Å²) in [7, 11) is -3.37. The predicted octanol–water partition coefficient (Wildman–Crippen LogP) is 0.869. The maximum atomic E-state index is 12.1. The van der Waals surface area contributed by atoms with Gasteiger partial charge in [-0.3, -0.25) is 0 Å². The number of rotatable bonds is 9. The van der Waals surface area contributed by atoms with E-state index in [0.29, 0.717) is 17.3 Å². The van der Waals surface area contributed by atoms with Crippen molar-refractivity contribution in [2.45, 2.75) is 24.5 Å². The second kappa shape index (κ2) is 7.96. The van der Waals surface area contributed by atoms with E-state index in [2.05, 4.69) is 23.5 Å². The van der Waals surface area contributed by atoms with E-state index >= 15 is 0 Å². The highest BCUT2D eigenvalue weighted by Crippen LogP contribution is 2.21. The standard InChI is InChI=1S/C12H23N3O2S2/c1-3-15(4-2)10-9-14-19(16,17)12-6-5-11(18-12)7-8-13/h5-6,14H,3-4,7-10,13H2,1-2H3. The molecule has 0 radical (unpaired) electrons. The molecule has 0 saturated carbocycles. The van der Waals surface area contributed by atoms with Crippen LogP contribution in [0.3, 0.4) is 0 Å². The van der Waals surface area contributed by atoms with Crippen molar-refractivity contribution in [3.05, 3.63) is 17.0 Å². The Balaban J connectivity index is 2.55. The van der Waals surface area contributed by atoms with Crippen LogP contribution < -0.4 is 10.5 Å². The van der Waals surface area contributed by atoms with E-state index in [9.17, 15) is 8.42 Å². The summed E-state index contributed by atoms with van der Waals surface area (Å²) in [5.74, 6) is 0. The highest BCUT2D eigenvalue weighted by atomic mass is 32.2. The smallest absolute Gasteiger partial charge is 0.250 e. The maximum absolute atomic E-state index is 12.1. The zero-order valence-corrected chi connectivity index (χ0v) is 13.2. The lowest BCUT2D eigenvalue weighted by molar-refractivity contribution is 0.309. The fourth-order valence-electron chi connectivity index (χ4n) is 1.73. The van der Waals surface area contributed by atoms with E-state index in [4.69, 9.17) is 5.73 Å². The first-order valence-electron chi connectivity index (χ1n) is 6.54. The van der Waals surface area contributed by atoms with Gasteiger partial charge in [0.2, 0.25) is 10.0 Å². The van der Waals surface area contributed by atoms with Crippen LogP contribution in [-0.2, 0) is 16.4 Å². The summed E-state index contributed by atoms with van der Waals surface area (Å²) in [4.78, 5) is 3.18. The number of hydrogen-bond donors (Lipinski definition) is 2. The SMILES string of the molecule is CCN(CC)CCNS(=O)(=O)c1ccc(CCN)s1. The largest absolute Gasteiger partial charge is 0.330 e. The molecule has 0 atom stereocenters. The third-order valence-electron chi connectivity index (χ3n) is 2.91. The van der Waals surface area contributed by atoms with Crippen molar-refractivity contribution in [1.82, 2.24) is 9.62 Å². The van der Waals surface area contributed by atoms with Crippen LogP contribution in [0, 0.1) is 0 Å². The normalized spacial score (nSPS) is 12.2. The average Bonchev–Trinajstić information content (AvgIpc) is 2.84. The molecule has 0 aliphatic rings. The second-order valence-corrected chi connectivity index (χ2v) is 7.35. The molecule has 3 N–H and O–H groups in total. The molecule has 110 valence electrons. The van der Waals surface area contributed by atoms with Gasteiger partial charge in [-0.25, -0.2) is 13.1 Å². The molecule has 1 aromatic heterocycles. The average molecular weight is 305 g/mol. The zero-order chi connectivity index (χ0) is 14.3. The van der Waals surface area contributed by atoms with Crippen LogP contribution in [0.4, 0.5) is 0 Å². The van der Waals surface area contributed by atoms with Gasteiger partial charge in [0.1, 0.15) is 4.21 Å². The van der Waals surface area contributed by atoms with Crippen molar-refractivity contribution in [2.75, 3.05) is 32.7 Å². The monoisotopic (exact) mass is 305 g/mol. The molecule has 5 nitrogen and oxygen atoms in total. The first-order chi connectivity index (χ1) is 9.03. The maximum Gasteiger partial charge on any atom is 0.250 e. The summed E-state index contributed by atoms with van der Waals surface area (Å²) in [6, 6.07) is 3.48. The van der Waals surface area contributed by atoms with Crippen LogP contribution >= 0.6 is 11.3 Å². The van der Waals surface area contributed by atoms with E-state index in [1.54, 1.807) is 6.07 Å². The molecule has 0 bridgehead atoms. The molecule has 7 heteroatoms. The first-order valence-corrected chi connectivity index (χ1v) is 8.84. The summed E-state index contributed by atoms with van der Waals surface area (Å²) in [6.07, 6.45) is 0.722. The summed E-state index contributed by atoms with van der Waals surface area (Å²) in [6.45, 7) is 7.69. The number of nitrogens with zero attached hydrogens (tertiary/aromatic N) is 1. The molecule has 0 aromatic carbocycles. The Morgan fingerprint density at radius 1 is 1.32 bits per heavy atom. The minimum atomic E-state index is -3.37. The Hall–Kier alpha value is -0.470. The molecular formula is C12H23N3O2S2. The Bertz CT molecular complexity index is 467.